The predicted molar refractivity (Wildman–Crippen MR) is 96.6 cm³/mol. The Kier molecular flexibility index (Phi) is 5.03. The lowest BCUT2D eigenvalue weighted by Gasteiger charge is -2.36. The summed E-state index contributed by atoms with van der Waals surface area (Å²) < 4.78 is 5.68. The molecule has 1 unspecified atom stereocenters. The maximum atomic E-state index is 12.6. The van der Waals surface area contributed by atoms with Gasteiger partial charge in [0, 0.05) is 18.8 Å². The Bertz CT molecular complexity index is 761. The average molecular weight is 338 g/mol. The maximum Gasteiger partial charge on any atom is 0.263 e. The van der Waals surface area contributed by atoms with E-state index in [1.54, 1.807) is 16.7 Å². The number of carbonyl (C=O) groups excluding carboxylic acids is 2. The van der Waals surface area contributed by atoms with Gasteiger partial charge in [-0.15, -0.1) is 0 Å². The first-order valence-corrected chi connectivity index (χ1v) is 8.43. The molecular formula is C20H22N2O3. The molecule has 5 nitrogen and oxygen atoms in total. The average Bonchev–Trinajstić information content (AvgIpc) is 2.62. The molecule has 2 amide bonds. The van der Waals surface area contributed by atoms with Crippen LogP contribution in [0.4, 0.5) is 5.69 Å². The number of carbonyl (C=O) groups is 2. The van der Waals surface area contributed by atoms with Gasteiger partial charge < -0.3 is 14.5 Å². The van der Waals surface area contributed by atoms with Gasteiger partial charge in [-0.2, -0.15) is 0 Å². The molecule has 2 aromatic carbocycles. The number of benzene rings is 2. The molecule has 0 aliphatic carbocycles. The molecule has 0 radical (unpaired) electrons. The van der Waals surface area contributed by atoms with Crippen LogP contribution in [-0.2, 0) is 9.59 Å². The van der Waals surface area contributed by atoms with E-state index in [2.05, 4.69) is 0 Å². The zero-order valence-corrected chi connectivity index (χ0v) is 14.5. The van der Waals surface area contributed by atoms with Gasteiger partial charge in [0.15, 0.2) is 6.10 Å². The van der Waals surface area contributed by atoms with Gasteiger partial charge in [0.1, 0.15) is 12.3 Å². The van der Waals surface area contributed by atoms with Crippen LogP contribution in [0.25, 0.3) is 0 Å². The summed E-state index contributed by atoms with van der Waals surface area (Å²) in [5.74, 6) is 0.413. The number of aryl methyl sites for hydroxylation is 1. The highest BCUT2D eigenvalue weighted by Crippen LogP contribution is 2.22. The summed E-state index contributed by atoms with van der Waals surface area (Å²) in [7, 11) is 0. The molecule has 2 aromatic rings. The molecule has 25 heavy (non-hydrogen) atoms. The number of hydrogen-bond donors (Lipinski definition) is 0. The third kappa shape index (κ3) is 3.82. The van der Waals surface area contributed by atoms with Gasteiger partial charge in [0.25, 0.3) is 5.91 Å². The van der Waals surface area contributed by atoms with Crippen LogP contribution in [0.2, 0.25) is 0 Å². The topological polar surface area (TPSA) is 49.9 Å². The Hall–Kier alpha value is -2.82. The van der Waals surface area contributed by atoms with Crippen molar-refractivity contribution in [2.75, 3.05) is 24.5 Å². The van der Waals surface area contributed by atoms with Crippen LogP contribution < -0.4 is 9.64 Å². The van der Waals surface area contributed by atoms with E-state index in [4.69, 9.17) is 4.74 Å². The number of hydrogen-bond acceptors (Lipinski definition) is 3. The van der Waals surface area contributed by atoms with Crippen molar-refractivity contribution in [3.8, 4) is 5.75 Å². The highest BCUT2D eigenvalue weighted by atomic mass is 16.5. The third-order valence-electron chi connectivity index (χ3n) is 4.34. The summed E-state index contributed by atoms with van der Waals surface area (Å²) in [6.07, 6.45) is -0.625. The highest BCUT2D eigenvalue weighted by Gasteiger charge is 2.31. The number of amides is 2. The number of ether oxygens (including phenoxy) is 1. The Labute approximate surface area is 147 Å². The summed E-state index contributed by atoms with van der Waals surface area (Å²) in [6.45, 7) is 4.77. The molecule has 0 aromatic heterocycles. The summed E-state index contributed by atoms with van der Waals surface area (Å²) in [5.41, 5.74) is 1.96. The van der Waals surface area contributed by atoms with Gasteiger partial charge >= 0.3 is 0 Å². The second kappa shape index (κ2) is 7.38. The van der Waals surface area contributed by atoms with Crippen molar-refractivity contribution < 1.29 is 14.3 Å². The summed E-state index contributed by atoms with van der Waals surface area (Å²) in [5, 5.41) is 0. The fraction of sp³-hybridized carbons (Fsp3) is 0.300. The van der Waals surface area contributed by atoms with Gasteiger partial charge in [0.05, 0.1) is 0 Å². The molecule has 0 bridgehead atoms. The first-order chi connectivity index (χ1) is 12.1. The standard InChI is InChI=1S/C20H22N2O3/c1-15-8-6-7-11-18(15)22-13-12-21(14-19(22)23)20(24)16(2)25-17-9-4-3-5-10-17/h3-11,16H,12-14H2,1-2H3. The molecule has 3 rings (SSSR count). The zero-order chi connectivity index (χ0) is 17.8. The van der Waals surface area contributed by atoms with Crippen LogP contribution in [0.15, 0.2) is 54.6 Å². The van der Waals surface area contributed by atoms with Gasteiger partial charge in [-0.05, 0) is 37.6 Å². The lowest BCUT2D eigenvalue weighted by atomic mass is 10.1. The van der Waals surface area contributed by atoms with Crippen LogP contribution in [0, 0.1) is 6.92 Å². The number of nitrogens with zero attached hydrogens (tertiary/aromatic N) is 2. The molecular weight excluding hydrogens is 316 g/mol. The summed E-state index contributed by atoms with van der Waals surface area (Å²) in [6, 6.07) is 17.0. The Morgan fingerprint density at radius 2 is 1.72 bits per heavy atom. The molecule has 130 valence electrons. The van der Waals surface area contributed by atoms with Crippen molar-refractivity contribution in [2.45, 2.75) is 20.0 Å². The normalized spacial score (nSPS) is 15.8. The lowest BCUT2D eigenvalue weighted by Crippen LogP contribution is -2.55. The molecule has 0 saturated carbocycles. The molecule has 1 fully saturated rings. The Morgan fingerprint density at radius 3 is 2.40 bits per heavy atom. The quantitative estimate of drug-likeness (QED) is 0.861. The highest BCUT2D eigenvalue weighted by molar-refractivity contribution is 5.98. The second-order valence-corrected chi connectivity index (χ2v) is 6.16. The predicted octanol–water partition coefficient (Wildman–Crippen LogP) is 2.64. The van der Waals surface area contributed by atoms with Crippen LogP contribution in [0.1, 0.15) is 12.5 Å². The molecule has 0 N–H and O–H groups in total. The van der Waals surface area contributed by atoms with Crippen molar-refractivity contribution in [1.82, 2.24) is 4.90 Å². The third-order valence-corrected chi connectivity index (χ3v) is 4.34. The SMILES string of the molecule is Cc1ccccc1N1CCN(C(=O)C(C)Oc2ccccc2)CC1=O. The minimum atomic E-state index is -0.625. The van der Waals surface area contributed by atoms with E-state index in [9.17, 15) is 9.59 Å². The van der Waals surface area contributed by atoms with E-state index in [-0.39, 0.29) is 18.4 Å². The van der Waals surface area contributed by atoms with Crippen molar-refractivity contribution in [2.24, 2.45) is 0 Å². The van der Waals surface area contributed by atoms with Crippen molar-refractivity contribution >= 4 is 17.5 Å². The van der Waals surface area contributed by atoms with Crippen molar-refractivity contribution in [1.29, 1.82) is 0 Å². The molecule has 1 heterocycles. The largest absolute Gasteiger partial charge is 0.481 e. The van der Waals surface area contributed by atoms with Crippen LogP contribution >= 0.6 is 0 Å². The van der Waals surface area contributed by atoms with E-state index < -0.39 is 6.10 Å². The van der Waals surface area contributed by atoms with Gasteiger partial charge in [0.2, 0.25) is 5.91 Å². The minimum absolute atomic E-state index is 0.0687. The molecule has 1 saturated heterocycles. The van der Waals surface area contributed by atoms with Crippen molar-refractivity contribution in [3.63, 3.8) is 0 Å². The first-order valence-electron chi connectivity index (χ1n) is 8.43. The zero-order valence-electron chi connectivity index (χ0n) is 14.5. The van der Waals surface area contributed by atoms with E-state index in [1.165, 1.54) is 0 Å². The van der Waals surface area contributed by atoms with E-state index in [1.807, 2.05) is 61.5 Å². The number of piperazine rings is 1. The monoisotopic (exact) mass is 338 g/mol. The first kappa shape index (κ1) is 17.0. The molecule has 0 spiro atoms. The minimum Gasteiger partial charge on any atom is -0.481 e. The van der Waals surface area contributed by atoms with Crippen LogP contribution in [0.5, 0.6) is 5.75 Å². The van der Waals surface area contributed by atoms with Gasteiger partial charge in [-0.25, -0.2) is 0 Å². The molecule has 1 aliphatic rings. The smallest absolute Gasteiger partial charge is 0.263 e. The number of anilines is 1. The summed E-state index contributed by atoms with van der Waals surface area (Å²) in [4.78, 5) is 28.4. The van der Waals surface area contributed by atoms with Crippen LogP contribution in [-0.4, -0.2) is 42.5 Å². The Morgan fingerprint density at radius 1 is 1.04 bits per heavy atom. The molecule has 1 atom stereocenters. The van der Waals surface area contributed by atoms with Gasteiger partial charge in [-0.1, -0.05) is 36.4 Å². The summed E-state index contributed by atoms with van der Waals surface area (Å²) >= 11 is 0. The number of rotatable bonds is 4. The lowest BCUT2D eigenvalue weighted by molar-refractivity contribution is -0.142. The maximum absolute atomic E-state index is 12.6. The van der Waals surface area contributed by atoms with E-state index in [0.29, 0.717) is 18.8 Å². The van der Waals surface area contributed by atoms with E-state index in [0.717, 1.165) is 11.3 Å². The fourth-order valence-electron chi connectivity index (χ4n) is 2.99. The second-order valence-electron chi connectivity index (χ2n) is 6.16. The fourth-order valence-corrected chi connectivity index (χ4v) is 2.99. The van der Waals surface area contributed by atoms with E-state index >= 15 is 0 Å². The number of para-hydroxylation sites is 2. The molecule has 5 heteroatoms. The Balaban J connectivity index is 1.63. The molecule has 1 aliphatic heterocycles. The van der Waals surface area contributed by atoms with Crippen LogP contribution in [0.3, 0.4) is 0 Å². The van der Waals surface area contributed by atoms with Gasteiger partial charge in [-0.3, -0.25) is 9.59 Å². The van der Waals surface area contributed by atoms with Crippen molar-refractivity contribution in [3.05, 3.63) is 60.2 Å².